The Morgan fingerprint density at radius 3 is 2.42 bits per heavy atom. The van der Waals surface area contributed by atoms with Gasteiger partial charge in [0, 0.05) is 75.4 Å². The topological polar surface area (TPSA) is 106 Å². The van der Waals surface area contributed by atoms with E-state index in [4.69, 9.17) is 9.72 Å². The van der Waals surface area contributed by atoms with E-state index in [1.165, 1.54) is 58.4 Å². The number of likely N-dealkylation sites (N-methyl/N-ethyl adjacent to an activating group) is 1. The van der Waals surface area contributed by atoms with Gasteiger partial charge in [0.25, 0.3) is 5.91 Å². The van der Waals surface area contributed by atoms with Gasteiger partial charge in [-0.3, -0.25) is 14.5 Å². The van der Waals surface area contributed by atoms with Crippen LogP contribution in [0.3, 0.4) is 0 Å². The fraction of sp³-hybridized carbons (Fsp3) is 0.692. The monoisotopic (exact) mass is 684 g/mol. The summed E-state index contributed by atoms with van der Waals surface area (Å²) in [5, 5.41) is 6.84. The molecule has 4 fully saturated rings. The van der Waals surface area contributed by atoms with Gasteiger partial charge < -0.3 is 30.1 Å². The molecule has 2 aromatic rings. The first-order valence-electron chi connectivity index (χ1n) is 19.5. The first-order valence-corrected chi connectivity index (χ1v) is 19.5. The first-order chi connectivity index (χ1) is 24.2. The zero-order chi connectivity index (χ0) is 34.6. The molecule has 4 heterocycles. The van der Waals surface area contributed by atoms with Crippen LogP contribution in [0.5, 0.6) is 5.75 Å². The van der Waals surface area contributed by atoms with E-state index in [0.717, 1.165) is 73.6 Å². The van der Waals surface area contributed by atoms with Gasteiger partial charge >= 0.3 is 0 Å². The predicted octanol–water partition coefficient (Wildman–Crippen LogP) is 5.51. The second-order valence-corrected chi connectivity index (χ2v) is 16.5. The number of hydrogen-bond acceptors (Lipinski definition) is 9. The van der Waals surface area contributed by atoms with Gasteiger partial charge in [-0.15, -0.1) is 0 Å². The van der Waals surface area contributed by atoms with Crippen molar-refractivity contribution < 1.29 is 14.3 Å². The minimum absolute atomic E-state index is 0.0122. The Labute approximate surface area is 297 Å². The molecule has 50 heavy (non-hydrogen) atoms. The highest BCUT2D eigenvalue weighted by Crippen LogP contribution is 2.45. The molecule has 1 aromatic carbocycles. The SMILES string of the molecule is CC[C@@H]1C(=O)N(C)c2cnc(Nc3ccc(C(=O)NC4CCC(N5CCN(CC6CC6)CC5)CC4)c4c3OC(C)(C)C4)nc2N1C1CCCC1. The van der Waals surface area contributed by atoms with E-state index in [0.29, 0.717) is 35.8 Å². The number of benzene rings is 1. The Morgan fingerprint density at radius 1 is 0.980 bits per heavy atom. The summed E-state index contributed by atoms with van der Waals surface area (Å²) in [6.45, 7) is 12.3. The molecule has 2 amide bonds. The van der Waals surface area contributed by atoms with E-state index in [1.54, 1.807) is 11.1 Å². The van der Waals surface area contributed by atoms with E-state index >= 15 is 0 Å². The number of carbonyl (C=O) groups excluding carboxylic acids is 2. The van der Waals surface area contributed by atoms with Crippen LogP contribution in [-0.2, 0) is 11.2 Å². The molecule has 0 spiro atoms. The van der Waals surface area contributed by atoms with Crippen molar-refractivity contribution in [2.24, 2.45) is 5.92 Å². The van der Waals surface area contributed by atoms with E-state index in [-0.39, 0.29) is 23.9 Å². The number of aromatic nitrogens is 2. The molecule has 11 nitrogen and oxygen atoms in total. The van der Waals surface area contributed by atoms with Crippen molar-refractivity contribution in [3.8, 4) is 5.75 Å². The zero-order valence-electron chi connectivity index (χ0n) is 30.5. The normalized spacial score (nSPS) is 27.2. The fourth-order valence-electron chi connectivity index (χ4n) is 9.36. The lowest BCUT2D eigenvalue weighted by Crippen LogP contribution is -2.55. The van der Waals surface area contributed by atoms with Crippen molar-refractivity contribution in [2.45, 2.75) is 128 Å². The Kier molecular flexibility index (Phi) is 9.16. The van der Waals surface area contributed by atoms with Gasteiger partial charge in [0.1, 0.15) is 23.1 Å². The van der Waals surface area contributed by atoms with E-state index in [2.05, 4.69) is 51.1 Å². The maximum atomic E-state index is 13.8. The number of anilines is 4. The Bertz CT molecular complexity index is 1590. The summed E-state index contributed by atoms with van der Waals surface area (Å²) in [6, 6.07) is 4.76. The maximum absolute atomic E-state index is 13.8. The molecular weight excluding hydrogens is 628 g/mol. The molecule has 11 heteroatoms. The third kappa shape index (κ3) is 6.67. The molecule has 8 rings (SSSR count). The lowest BCUT2D eigenvalue weighted by atomic mass is 9.89. The highest BCUT2D eigenvalue weighted by atomic mass is 16.5. The molecule has 0 unspecified atom stereocenters. The van der Waals surface area contributed by atoms with Gasteiger partial charge in [-0.1, -0.05) is 19.8 Å². The third-order valence-electron chi connectivity index (χ3n) is 12.3. The summed E-state index contributed by atoms with van der Waals surface area (Å²) in [7, 11) is 1.82. The second kappa shape index (κ2) is 13.6. The Balaban J connectivity index is 0.954. The molecule has 3 aliphatic carbocycles. The first kappa shape index (κ1) is 33.7. The van der Waals surface area contributed by atoms with Crippen LogP contribution in [-0.4, -0.2) is 101 Å². The zero-order valence-corrected chi connectivity index (χ0v) is 30.5. The number of hydrogen-bond donors (Lipinski definition) is 2. The van der Waals surface area contributed by atoms with Gasteiger partial charge in [-0.05, 0) is 89.7 Å². The standard InChI is InChI=1S/C39H56N8O3/c1-5-32-37(49)44(4)33-23-40-38(43-35(33)47(32)28-8-6-7-9-28)42-31-17-16-29(30-22-39(2,3)50-34(30)31)36(48)41-26-12-14-27(15-13-26)46-20-18-45(19-21-46)24-25-10-11-25/h16-17,23,25-28,32H,5-15,18-22,24H2,1-4H3,(H,41,48)(H,40,42,43)/t26?,27?,32-/m1/s1. The molecular formula is C39H56N8O3. The van der Waals surface area contributed by atoms with Crippen molar-refractivity contribution in [2.75, 3.05) is 54.9 Å². The third-order valence-corrected chi connectivity index (χ3v) is 12.3. The van der Waals surface area contributed by atoms with E-state index < -0.39 is 5.60 Å². The number of rotatable bonds is 9. The fourth-order valence-corrected chi connectivity index (χ4v) is 9.36. The number of nitrogens with zero attached hydrogens (tertiary/aromatic N) is 6. The average molecular weight is 685 g/mol. The molecule has 1 saturated heterocycles. The van der Waals surface area contributed by atoms with Gasteiger partial charge in [0.2, 0.25) is 11.9 Å². The van der Waals surface area contributed by atoms with Crippen LogP contribution >= 0.6 is 0 Å². The molecule has 1 aromatic heterocycles. The van der Waals surface area contributed by atoms with Crippen molar-refractivity contribution >= 4 is 35.0 Å². The van der Waals surface area contributed by atoms with Crippen LogP contribution in [0.25, 0.3) is 0 Å². The van der Waals surface area contributed by atoms with Crippen LogP contribution in [0.2, 0.25) is 0 Å². The van der Waals surface area contributed by atoms with Crippen LogP contribution in [0, 0.1) is 5.92 Å². The molecule has 1 atom stereocenters. The number of piperazine rings is 1. The largest absolute Gasteiger partial charge is 0.485 e. The summed E-state index contributed by atoms with van der Waals surface area (Å²) < 4.78 is 6.50. The van der Waals surface area contributed by atoms with Crippen molar-refractivity contribution in [1.82, 2.24) is 25.1 Å². The number of fused-ring (bicyclic) bond motifs is 2. The van der Waals surface area contributed by atoms with Gasteiger partial charge in [0.15, 0.2) is 5.82 Å². The van der Waals surface area contributed by atoms with Crippen LogP contribution in [0.4, 0.5) is 23.1 Å². The van der Waals surface area contributed by atoms with Crippen molar-refractivity contribution in [1.29, 1.82) is 0 Å². The lowest BCUT2D eigenvalue weighted by Gasteiger charge is -2.43. The molecule has 6 aliphatic rings. The van der Waals surface area contributed by atoms with Crippen LogP contribution in [0.1, 0.15) is 107 Å². The summed E-state index contributed by atoms with van der Waals surface area (Å²) >= 11 is 0. The minimum Gasteiger partial charge on any atom is -0.485 e. The van der Waals surface area contributed by atoms with Crippen LogP contribution in [0.15, 0.2) is 18.3 Å². The summed E-state index contributed by atoms with van der Waals surface area (Å²) in [5.74, 6) is 3.01. The van der Waals surface area contributed by atoms with Crippen molar-refractivity contribution in [3.05, 3.63) is 29.5 Å². The lowest BCUT2D eigenvalue weighted by molar-refractivity contribution is -0.120. The molecule has 2 N–H and O–H groups in total. The number of carbonyl (C=O) groups is 2. The maximum Gasteiger partial charge on any atom is 0.251 e. The van der Waals surface area contributed by atoms with E-state index in [1.807, 2.05) is 19.2 Å². The highest BCUT2D eigenvalue weighted by molar-refractivity contribution is 6.04. The summed E-state index contributed by atoms with van der Waals surface area (Å²) in [6.07, 6.45) is 14.8. The number of amides is 2. The Morgan fingerprint density at radius 2 is 1.72 bits per heavy atom. The van der Waals surface area contributed by atoms with Crippen LogP contribution < -0.4 is 25.2 Å². The van der Waals surface area contributed by atoms with Gasteiger partial charge in [-0.2, -0.15) is 4.98 Å². The summed E-state index contributed by atoms with van der Waals surface area (Å²) in [4.78, 5) is 46.2. The molecule has 3 saturated carbocycles. The van der Waals surface area contributed by atoms with Gasteiger partial charge in [-0.25, -0.2) is 4.98 Å². The molecule has 270 valence electrons. The minimum atomic E-state index is -0.441. The van der Waals surface area contributed by atoms with Crippen molar-refractivity contribution in [3.63, 3.8) is 0 Å². The highest BCUT2D eigenvalue weighted by Gasteiger charge is 2.42. The predicted molar refractivity (Wildman–Crippen MR) is 197 cm³/mol. The molecule has 3 aliphatic heterocycles. The smallest absolute Gasteiger partial charge is 0.251 e. The summed E-state index contributed by atoms with van der Waals surface area (Å²) in [5.41, 5.74) is 2.67. The average Bonchev–Trinajstić information content (AvgIpc) is 3.62. The second-order valence-electron chi connectivity index (χ2n) is 16.5. The van der Waals surface area contributed by atoms with Gasteiger partial charge in [0.05, 0.1) is 11.9 Å². The number of ether oxygens (including phenoxy) is 1. The number of nitrogens with one attached hydrogen (secondary N) is 2. The molecule has 0 bridgehead atoms. The Hall–Kier alpha value is -3.44. The molecule has 0 radical (unpaired) electrons. The quantitative estimate of drug-likeness (QED) is 0.354. The van der Waals surface area contributed by atoms with E-state index in [9.17, 15) is 9.59 Å².